The van der Waals surface area contributed by atoms with Crippen molar-refractivity contribution in [2.45, 2.75) is 19.4 Å². The predicted octanol–water partition coefficient (Wildman–Crippen LogP) is 2.95. The maximum Gasteiger partial charge on any atom is 0.267 e. The molecule has 0 spiro atoms. The quantitative estimate of drug-likeness (QED) is 0.889. The number of para-hydroxylation sites is 2. The van der Waals surface area contributed by atoms with E-state index in [9.17, 15) is 4.79 Å². The molecule has 0 fully saturated rings. The molecule has 2 rings (SSSR count). The minimum atomic E-state index is -0.588. The molecule has 6 heteroatoms. The van der Waals surface area contributed by atoms with Crippen LogP contribution in [0.15, 0.2) is 35.8 Å². The molecule has 1 heterocycles. The first-order valence-electron chi connectivity index (χ1n) is 6.24. The molecule has 1 unspecified atom stereocenters. The normalized spacial score (nSPS) is 11.7. The first kappa shape index (κ1) is 14.3. The number of carbonyl (C=O) groups excluding carboxylic acids is 1. The smallest absolute Gasteiger partial charge is 0.267 e. The van der Waals surface area contributed by atoms with Gasteiger partial charge in [0.2, 0.25) is 0 Å². The Balaban J connectivity index is 2.06. The van der Waals surface area contributed by atoms with E-state index >= 15 is 0 Å². The molecule has 5 nitrogen and oxygen atoms in total. The zero-order chi connectivity index (χ0) is 14.4. The molecule has 106 valence electrons. The van der Waals surface area contributed by atoms with Crippen LogP contribution in [0.3, 0.4) is 0 Å². The number of nitrogens with one attached hydrogen (secondary N) is 1. The van der Waals surface area contributed by atoms with E-state index in [-0.39, 0.29) is 5.91 Å². The second-order valence-electron chi connectivity index (χ2n) is 3.99. The van der Waals surface area contributed by atoms with E-state index in [0.717, 1.165) is 0 Å². The van der Waals surface area contributed by atoms with Crippen molar-refractivity contribution in [1.29, 1.82) is 0 Å². The number of aromatic nitrogens is 1. The van der Waals surface area contributed by atoms with Gasteiger partial charge in [0.25, 0.3) is 5.91 Å². The molecule has 20 heavy (non-hydrogen) atoms. The van der Waals surface area contributed by atoms with E-state index in [0.29, 0.717) is 23.1 Å². The van der Waals surface area contributed by atoms with Gasteiger partial charge in [-0.3, -0.25) is 10.1 Å². The van der Waals surface area contributed by atoms with Gasteiger partial charge in [0.15, 0.2) is 22.7 Å². The van der Waals surface area contributed by atoms with Crippen LogP contribution in [0.5, 0.6) is 11.5 Å². The van der Waals surface area contributed by atoms with Gasteiger partial charge >= 0.3 is 0 Å². The van der Waals surface area contributed by atoms with E-state index in [1.807, 2.05) is 19.1 Å². The van der Waals surface area contributed by atoms with Crippen LogP contribution in [-0.4, -0.2) is 24.1 Å². The Morgan fingerprint density at radius 2 is 2.15 bits per heavy atom. The minimum Gasteiger partial charge on any atom is -0.493 e. The number of amides is 1. The predicted molar refractivity (Wildman–Crippen MR) is 78.4 cm³/mol. The highest BCUT2D eigenvalue weighted by Crippen LogP contribution is 2.27. The average Bonchev–Trinajstić information content (AvgIpc) is 2.97. The summed E-state index contributed by atoms with van der Waals surface area (Å²) in [5, 5.41) is 5.10. The zero-order valence-electron chi connectivity index (χ0n) is 11.3. The van der Waals surface area contributed by atoms with Gasteiger partial charge in [-0.25, -0.2) is 4.98 Å². The van der Waals surface area contributed by atoms with Gasteiger partial charge in [0, 0.05) is 11.6 Å². The van der Waals surface area contributed by atoms with E-state index < -0.39 is 6.10 Å². The fourth-order valence-electron chi connectivity index (χ4n) is 1.66. The number of anilines is 1. The highest BCUT2D eigenvalue weighted by atomic mass is 32.1. The number of hydrogen-bond acceptors (Lipinski definition) is 5. The van der Waals surface area contributed by atoms with Crippen molar-refractivity contribution >= 4 is 22.4 Å². The van der Waals surface area contributed by atoms with Gasteiger partial charge in [-0.15, -0.1) is 11.3 Å². The van der Waals surface area contributed by atoms with Crippen molar-refractivity contribution < 1.29 is 14.3 Å². The van der Waals surface area contributed by atoms with Gasteiger partial charge in [-0.05, 0) is 18.6 Å². The van der Waals surface area contributed by atoms with Gasteiger partial charge in [-0.2, -0.15) is 0 Å². The molecule has 0 bridgehead atoms. The van der Waals surface area contributed by atoms with Crippen LogP contribution >= 0.6 is 11.3 Å². The molecule has 1 atom stereocenters. The van der Waals surface area contributed by atoms with Crippen molar-refractivity contribution in [2.24, 2.45) is 0 Å². The summed E-state index contributed by atoms with van der Waals surface area (Å²) in [5.41, 5.74) is 0. The molecule has 0 aliphatic carbocycles. The Morgan fingerprint density at radius 3 is 2.75 bits per heavy atom. The van der Waals surface area contributed by atoms with Gasteiger partial charge in [0.05, 0.1) is 7.11 Å². The number of rotatable bonds is 6. The molecule has 0 saturated heterocycles. The Kier molecular flexibility index (Phi) is 4.95. The number of hydrogen-bond donors (Lipinski definition) is 1. The Labute approximate surface area is 121 Å². The number of ether oxygens (including phenoxy) is 2. The maximum atomic E-state index is 12.1. The highest BCUT2D eigenvalue weighted by Gasteiger charge is 2.20. The third kappa shape index (κ3) is 3.48. The van der Waals surface area contributed by atoms with E-state index in [4.69, 9.17) is 9.47 Å². The van der Waals surface area contributed by atoms with Gasteiger partial charge in [0.1, 0.15) is 0 Å². The molecule has 1 aromatic heterocycles. The van der Waals surface area contributed by atoms with Crippen LogP contribution in [0.4, 0.5) is 5.13 Å². The summed E-state index contributed by atoms with van der Waals surface area (Å²) in [6.07, 6.45) is 1.60. The molecule has 2 aromatic rings. The molecule has 0 saturated carbocycles. The fraction of sp³-hybridized carbons (Fsp3) is 0.286. The SMILES string of the molecule is CCC(Oc1ccccc1OC)C(=O)Nc1nccs1. The zero-order valence-corrected chi connectivity index (χ0v) is 12.1. The number of carbonyl (C=O) groups is 1. The molecule has 1 amide bonds. The molecular formula is C14H16N2O3S. The Bertz CT molecular complexity index is 557. The van der Waals surface area contributed by atoms with Gasteiger partial charge in [-0.1, -0.05) is 19.1 Å². The third-order valence-corrected chi connectivity index (χ3v) is 3.35. The van der Waals surface area contributed by atoms with Crippen molar-refractivity contribution in [1.82, 2.24) is 4.98 Å². The monoisotopic (exact) mass is 292 g/mol. The Morgan fingerprint density at radius 1 is 1.40 bits per heavy atom. The fourth-order valence-corrected chi connectivity index (χ4v) is 2.19. The van der Waals surface area contributed by atoms with E-state index in [1.54, 1.807) is 30.8 Å². The molecule has 1 aromatic carbocycles. The molecule has 0 radical (unpaired) electrons. The molecular weight excluding hydrogens is 276 g/mol. The van der Waals surface area contributed by atoms with Gasteiger partial charge < -0.3 is 9.47 Å². The Hall–Kier alpha value is -2.08. The summed E-state index contributed by atoms with van der Waals surface area (Å²) >= 11 is 1.37. The van der Waals surface area contributed by atoms with Crippen LogP contribution < -0.4 is 14.8 Å². The summed E-state index contributed by atoms with van der Waals surface area (Å²) in [6.45, 7) is 1.89. The lowest BCUT2D eigenvalue weighted by atomic mass is 10.2. The second kappa shape index (κ2) is 6.91. The van der Waals surface area contributed by atoms with Crippen LogP contribution in [0, 0.1) is 0 Å². The van der Waals surface area contributed by atoms with Crippen LogP contribution in [0.1, 0.15) is 13.3 Å². The molecule has 0 aliphatic rings. The van der Waals surface area contributed by atoms with Crippen molar-refractivity contribution in [3.05, 3.63) is 35.8 Å². The summed E-state index contributed by atoms with van der Waals surface area (Å²) < 4.78 is 10.9. The van der Waals surface area contributed by atoms with Crippen molar-refractivity contribution in [2.75, 3.05) is 12.4 Å². The average molecular weight is 292 g/mol. The third-order valence-electron chi connectivity index (χ3n) is 2.66. The standard InChI is InChI=1S/C14H16N2O3S/c1-3-10(13(17)16-14-15-8-9-20-14)19-12-7-5-4-6-11(12)18-2/h4-10H,3H2,1-2H3,(H,15,16,17). The highest BCUT2D eigenvalue weighted by molar-refractivity contribution is 7.13. The first-order valence-corrected chi connectivity index (χ1v) is 7.12. The second-order valence-corrected chi connectivity index (χ2v) is 4.89. The number of thiazole rings is 1. The lowest BCUT2D eigenvalue weighted by Crippen LogP contribution is -2.32. The first-order chi connectivity index (χ1) is 9.74. The summed E-state index contributed by atoms with van der Waals surface area (Å²) in [5.74, 6) is 0.942. The molecule has 1 N–H and O–H groups in total. The maximum absolute atomic E-state index is 12.1. The van der Waals surface area contributed by atoms with Crippen LogP contribution in [0.2, 0.25) is 0 Å². The van der Waals surface area contributed by atoms with Crippen LogP contribution in [-0.2, 0) is 4.79 Å². The topological polar surface area (TPSA) is 60.5 Å². The summed E-state index contributed by atoms with van der Waals surface area (Å²) in [7, 11) is 1.57. The number of methoxy groups -OCH3 is 1. The number of benzene rings is 1. The lowest BCUT2D eigenvalue weighted by molar-refractivity contribution is -0.122. The van der Waals surface area contributed by atoms with E-state index in [1.165, 1.54) is 11.3 Å². The van der Waals surface area contributed by atoms with E-state index in [2.05, 4.69) is 10.3 Å². The minimum absolute atomic E-state index is 0.214. The number of nitrogens with zero attached hydrogens (tertiary/aromatic N) is 1. The lowest BCUT2D eigenvalue weighted by Gasteiger charge is -2.18. The summed E-state index contributed by atoms with van der Waals surface area (Å²) in [6, 6.07) is 7.25. The summed E-state index contributed by atoms with van der Waals surface area (Å²) in [4.78, 5) is 16.2. The van der Waals surface area contributed by atoms with Crippen LogP contribution in [0.25, 0.3) is 0 Å². The molecule has 0 aliphatic heterocycles. The largest absolute Gasteiger partial charge is 0.493 e. The van der Waals surface area contributed by atoms with Crippen molar-refractivity contribution in [3.8, 4) is 11.5 Å². The van der Waals surface area contributed by atoms with Crippen molar-refractivity contribution in [3.63, 3.8) is 0 Å².